The van der Waals surface area contributed by atoms with Crippen LogP contribution in [0, 0.1) is 0 Å². The SMILES string of the molecule is CC(C)(C)c1cnc(NC(=O)C(C)(C)S(=O)(=O)c2ccc(Cl)cc2)s1. The molecule has 0 spiro atoms. The van der Waals surface area contributed by atoms with E-state index in [2.05, 4.69) is 10.3 Å². The third-order valence-electron chi connectivity index (χ3n) is 3.81. The number of carbonyl (C=O) groups excluding carboxylic acids is 1. The number of carbonyl (C=O) groups is 1. The van der Waals surface area contributed by atoms with E-state index in [1.54, 1.807) is 6.20 Å². The van der Waals surface area contributed by atoms with E-state index in [1.807, 2.05) is 20.8 Å². The molecule has 2 rings (SSSR count). The van der Waals surface area contributed by atoms with Crippen LogP contribution in [0.15, 0.2) is 35.4 Å². The lowest BCUT2D eigenvalue weighted by atomic mass is 9.96. The van der Waals surface area contributed by atoms with E-state index in [0.29, 0.717) is 10.2 Å². The third kappa shape index (κ3) is 4.04. The molecule has 0 fully saturated rings. The number of amides is 1. The van der Waals surface area contributed by atoms with Crippen LogP contribution in [0.5, 0.6) is 0 Å². The van der Waals surface area contributed by atoms with Gasteiger partial charge in [0.05, 0.1) is 4.90 Å². The van der Waals surface area contributed by atoms with Crippen LogP contribution in [0.1, 0.15) is 39.5 Å². The molecule has 1 N–H and O–H groups in total. The van der Waals surface area contributed by atoms with Crippen molar-refractivity contribution in [1.82, 2.24) is 4.98 Å². The average Bonchev–Trinajstić information content (AvgIpc) is 2.96. The van der Waals surface area contributed by atoms with Gasteiger partial charge in [0.2, 0.25) is 5.91 Å². The van der Waals surface area contributed by atoms with E-state index in [9.17, 15) is 13.2 Å². The number of aromatic nitrogens is 1. The Morgan fingerprint density at radius 3 is 2.16 bits per heavy atom. The largest absolute Gasteiger partial charge is 0.301 e. The summed E-state index contributed by atoms with van der Waals surface area (Å²) in [5.74, 6) is -0.628. The number of anilines is 1. The summed E-state index contributed by atoms with van der Waals surface area (Å²) in [4.78, 5) is 17.9. The summed E-state index contributed by atoms with van der Waals surface area (Å²) in [7, 11) is -3.89. The van der Waals surface area contributed by atoms with Crippen molar-refractivity contribution in [3.8, 4) is 0 Å². The summed E-state index contributed by atoms with van der Waals surface area (Å²) >= 11 is 7.14. The van der Waals surface area contributed by atoms with Gasteiger partial charge in [-0.15, -0.1) is 11.3 Å². The molecule has 1 aromatic carbocycles. The van der Waals surface area contributed by atoms with Crippen molar-refractivity contribution in [2.75, 3.05) is 5.32 Å². The minimum Gasteiger partial charge on any atom is -0.301 e. The first-order chi connectivity index (χ1) is 11.4. The number of hydrogen-bond donors (Lipinski definition) is 1. The summed E-state index contributed by atoms with van der Waals surface area (Å²) in [5, 5.41) is 3.44. The number of hydrogen-bond acceptors (Lipinski definition) is 5. The second kappa shape index (κ2) is 6.70. The highest BCUT2D eigenvalue weighted by molar-refractivity contribution is 7.93. The molecule has 0 bridgehead atoms. The predicted octanol–water partition coefficient (Wildman–Crippen LogP) is 4.29. The molecule has 136 valence electrons. The minimum atomic E-state index is -3.89. The Kier molecular flexibility index (Phi) is 5.33. The van der Waals surface area contributed by atoms with Gasteiger partial charge in [0.25, 0.3) is 0 Å². The Balaban J connectivity index is 2.27. The molecule has 1 heterocycles. The molecule has 2 aromatic rings. The van der Waals surface area contributed by atoms with Crippen molar-refractivity contribution in [1.29, 1.82) is 0 Å². The molecular formula is C17H21ClN2O3S2. The molecule has 0 radical (unpaired) electrons. The van der Waals surface area contributed by atoms with Crippen molar-refractivity contribution in [3.05, 3.63) is 40.4 Å². The zero-order chi connectivity index (χ0) is 19.0. The molecule has 0 aliphatic rings. The van der Waals surface area contributed by atoms with Crippen LogP contribution in [0.2, 0.25) is 5.02 Å². The normalized spacial score (nSPS) is 12.9. The fourth-order valence-electron chi connectivity index (χ4n) is 1.96. The van der Waals surface area contributed by atoms with Crippen LogP contribution < -0.4 is 5.32 Å². The van der Waals surface area contributed by atoms with E-state index >= 15 is 0 Å². The van der Waals surface area contributed by atoms with Gasteiger partial charge in [-0.2, -0.15) is 0 Å². The second-order valence-electron chi connectivity index (χ2n) is 7.20. The van der Waals surface area contributed by atoms with Crippen LogP contribution in [0.25, 0.3) is 0 Å². The first kappa shape index (κ1) is 19.9. The Morgan fingerprint density at radius 2 is 1.68 bits per heavy atom. The van der Waals surface area contributed by atoms with E-state index in [-0.39, 0.29) is 10.3 Å². The van der Waals surface area contributed by atoms with E-state index in [0.717, 1.165) is 4.88 Å². The van der Waals surface area contributed by atoms with Gasteiger partial charge in [0.15, 0.2) is 15.0 Å². The molecule has 5 nitrogen and oxygen atoms in total. The van der Waals surface area contributed by atoms with Crippen molar-refractivity contribution in [3.63, 3.8) is 0 Å². The van der Waals surface area contributed by atoms with Gasteiger partial charge in [-0.1, -0.05) is 32.4 Å². The van der Waals surface area contributed by atoms with Crippen LogP contribution in [0.3, 0.4) is 0 Å². The zero-order valence-electron chi connectivity index (χ0n) is 14.8. The van der Waals surface area contributed by atoms with Crippen LogP contribution in [0.4, 0.5) is 5.13 Å². The maximum absolute atomic E-state index is 12.8. The fraction of sp³-hybridized carbons (Fsp3) is 0.412. The third-order valence-corrected chi connectivity index (χ3v) is 7.82. The highest BCUT2D eigenvalue weighted by Crippen LogP contribution is 2.32. The quantitative estimate of drug-likeness (QED) is 0.830. The van der Waals surface area contributed by atoms with E-state index in [4.69, 9.17) is 11.6 Å². The number of halogens is 1. The first-order valence-electron chi connectivity index (χ1n) is 7.63. The standard InChI is InChI=1S/C17H21ClN2O3S2/c1-16(2,3)13-10-19-15(24-13)20-14(21)17(4,5)25(22,23)12-8-6-11(18)7-9-12/h6-10H,1-5H3,(H,19,20,21). The highest BCUT2D eigenvalue weighted by atomic mass is 35.5. The number of nitrogens with zero attached hydrogens (tertiary/aromatic N) is 1. The zero-order valence-corrected chi connectivity index (χ0v) is 17.1. The summed E-state index contributed by atoms with van der Waals surface area (Å²) in [6.07, 6.45) is 1.70. The van der Waals surface area contributed by atoms with Crippen molar-refractivity contribution in [2.24, 2.45) is 0 Å². The van der Waals surface area contributed by atoms with Gasteiger partial charge in [0.1, 0.15) is 4.75 Å². The van der Waals surface area contributed by atoms with Gasteiger partial charge in [0, 0.05) is 16.1 Å². The lowest BCUT2D eigenvalue weighted by Crippen LogP contribution is -2.44. The van der Waals surface area contributed by atoms with Crippen molar-refractivity contribution < 1.29 is 13.2 Å². The maximum atomic E-state index is 12.8. The monoisotopic (exact) mass is 400 g/mol. The Bertz CT molecular complexity index is 879. The molecule has 25 heavy (non-hydrogen) atoms. The molecule has 1 amide bonds. The molecule has 0 saturated carbocycles. The summed E-state index contributed by atoms with van der Waals surface area (Å²) in [5.41, 5.74) is -0.0917. The average molecular weight is 401 g/mol. The van der Waals surface area contributed by atoms with Gasteiger partial charge in [-0.25, -0.2) is 13.4 Å². The number of rotatable bonds is 4. The number of nitrogens with one attached hydrogen (secondary N) is 1. The van der Waals surface area contributed by atoms with E-state index in [1.165, 1.54) is 49.4 Å². The fourth-order valence-corrected chi connectivity index (χ4v) is 4.33. The molecule has 0 aliphatic carbocycles. The lowest BCUT2D eigenvalue weighted by Gasteiger charge is -2.23. The lowest BCUT2D eigenvalue weighted by molar-refractivity contribution is -0.117. The highest BCUT2D eigenvalue weighted by Gasteiger charge is 2.43. The Hall–Kier alpha value is -1.44. The van der Waals surface area contributed by atoms with Crippen LogP contribution >= 0.6 is 22.9 Å². The summed E-state index contributed by atoms with van der Waals surface area (Å²) in [6, 6.07) is 5.76. The molecular weight excluding hydrogens is 380 g/mol. The topological polar surface area (TPSA) is 76.1 Å². The van der Waals surface area contributed by atoms with Gasteiger partial charge >= 0.3 is 0 Å². The molecule has 0 unspecified atom stereocenters. The van der Waals surface area contributed by atoms with Crippen LogP contribution in [-0.4, -0.2) is 24.1 Å². The van der Waals surface area contributed by atoms with Gasteiger partial charge < -0.3 is 5.32 Å². The molecule has 0 aliphatic heterocycles. The minimum absolute atomic E-state index is 0.0477. The Morgan fingerprint density at radius 1 is 1.12 bits per heavy atom. The first-order valence-corrected chi connectivity index (χ1v) is 10.3. The second-order valence-corrected chi connectivity index (χ2v) is 11.2. The van der Waals surface area contributed by atoms with E-state index < -0.39 is 20.5 Å². The smallest absolute Gasteiger partial charge is 0.247 e. The molecule has 1 aromatic heterocycles. The van der Waals surface area contributed by atoms with Crippen molar-refractivity contribution >= 4 is 43.8 Å². The molecule has 8 heteroatoms. The number of thiazole rings is 1. The van der Waals surface area contributed by atoms with Gasteiger partial charge in [-0.05, 0) is 43.5 Å². The maximum Gasteiger partial charge on any atom is 0.247 e. The van der Waals surface area contributed by atoms with Crippen LogP contribution in [-0.2, 0) is 20.0 Å². The molecule has 0 saturated heterocycles. The summed E-state index contributed by atoms with van der Waals surface area (Å²) < 4.78 is 24.0. The Labute approximate surface area is 157 Å². The summed E-state index contributed by atoms with van der Waals surface area (Å²) in [6.45, 7) is 8.89. The number of sulfone groups is 1. The number of benzene rings is 1. The van der Waals surface area contributed by atoms with Crippen molar-refractivity contribution in [2.45, 2.75) is 49.7 Å². The predicted molar refractivity (Wildman–Crippen MR) is 102 cm³/mol. The van der Waals surface area contributed by atoms with Gasteiger partial charge in [-0.3, -0.25) is 4.79 Å². The molecule has 0 atom stereocenters.